The minimum atomic E-state index is -0.411. The summed E-state index contributed by atoms with van der Waals surface area (Å²) in [6.07, 6.45) is 3.34. The van der Waals surface area contributed by atoms with Crippen LogP contribution in [0.15, 0.2) is 48.8 Å². The van der Waals surface area contributed by atoms with Crippen molar-refractivity contribution >= 4 is 11.4 Å². The molecule has 0 amide bonds. The Bertz CT molecular complexity index is 937. The third-order valence-corrected chi connectivity index (χ3v) is 3.99. The number of benzene rings is 2. The topological polar surface area (TPSA) is 73.0 Å². The molecule has 2 aromatic carbocycles. The van der Waals surface area contributed by atoms with Gasteiger partial charge in [-0.3, -0.25) is 10.1 Å². The second-order valence-electron chi connectivity index (χ2n) is 5.74. The lowest BCUT2D eigenvalue weighted by atomic mass is 10.1. The summed E-state index contributed by atoms with van der Waals surface area (Å²) in [6.45, 7) is 3.91. The van der Waals surface area contributed by atoms with Crippen LogP contribution >= 0.6 is 0 Å². The van der Waals surface area contributed by atoms with Gasteiger partial charge < -0.3 is 9.88 Å². The number of anilines is 1. The number of nitrogens with zero attached hydrogens (tertiary/aromatic N) is 3. The highest BCUT2D eigenvalue weighted by Gasteiger charge is 2.11. The number of nitro benzene ring substituents is 1. The standard InChI is InChI=1S/C18H17FN4O2/c1-12-9-15(4-6-17(12)23(24)25)21-11-14-3-5-18(16(19)10-14)22-8-7-20-13(22)2/h3-10,21H,11H2,1-2H3. The zero-order valence-corrected chi connectivity index (χ0v) is 13.9. The summed E-state index contributed by atoms with van der Waals surface area (Å²) >= 11 is 0. The molecular formula is C18H17FN4O2. The van der Waals surface area contributed by atoms with Crippen molar-refractivity contribution in [2.24, 2.45) is 0 Å². The van der Waals surface area contributed by atoms with Gasteiger partial charge in [-0.1, -0.05) is 6.07 Å². The molecule has 0 saturated heterocycles. The van der Waals surface area contributed by atoms with Crippen LogP contribution in [0.4, 0.5) is 15.8 Å². The number of rotatable bonds is 5. The van der Waals surface area contributed by atoms with Crippen LogP contribution in [0.2, 0.25) is 0 Å². The SMILES string of the molecule is Cc1cc(NCc2ccc(-n3ccnc3C)c(F)c2)ccc1[N+](=O)[O-]. The average molecular weight is 340 g/mol. The van der Waals surface area contributed by atoms with E-state index in [1.165, 1.54) is 12.1 Å². The number of halogens is 1. The van der Waals surface area contributed by atoms with Gasteiger partial charge in [-0.2, -0.15) is 0 Å². The Morgan fingerprint density at radius 2 is 2.04 bits per heavy atom. The molecule has 0 saturated carbocycles. The van der Waals surface area contributed by atoms with E-state index in [2.05, 4.69) is 10.3 Å². The number of aromatic nitrogens is 2. The van der Waals surface area contributed by atoms with Crippen molar-refractivity contribution in [3.63, 3.8) is 0 Å². The first-order chi connectivity index (χ1) is 12.0. The average Bonchev–Trinajstić information content (AvgIpc) is 2.98. The molecule has 0 aliphatic carbocycles. The molecule has 0 aliphatic rings. The van der Waals surface area contributed by atoms with Crippen molar-refractivity contribution in [2.45, 2.75) is 20.4 Å². The number of aryl methyl sites for hydroxylation is 2. The van der Waals surface area contributed by atoms with Crippen LogP contribution in [0, 0.1) is 29.8 Å². The minimum absolute atomic E-state index is 0.0802. The van der Waals surface area contributed by atoms with Crippen molar-refractivity contribution in [2.75, 3.05) is 5.32 Å². The summed E-state index contributed by atoms with van der Waals surface area (Å²) in [5, 5.41) is 14.0. The van der Waals surface area contributed by atoms with Crippen molar-refractivity contribution in [1.82, 2.24) is 9.55 Å². The lowest BCUT2D eigenvalue weighted by Crippen LogP contribution is -2.03. The highest BCUT2D eigenvalue weighted by atomic mass is 19.1. The number of hydrogen-bond donors (Lipinski definition) is 1. The maximum atomic E-state index is 14.4. The van der Waals surface area contributed by atoms with Crippen molar-refractivity contribution < 1.29 is 9.31 Å². The molecule has 6 nitrogen and oxygen atoms in total. The fraction of sp³-hybridized carbons (Fsp3) is 0.167. The third-order valence-electron chi connectivity index (χ3n) is 3.99. The zero-order chi connectivity index (χ0) is 18.0. The fourth-order valence-corrected chi connectivity index (χ4v) is 2.66. The van der Waals surface area contributed by atoms with Gasteiger partial charge in [-0.05, 0) is 43.7 Å². The second kappa shape index (κ2) is 6.72. The molecular weight excluding hydrogens is 323 g/mol. The molecule has 3 rings (SSSR count). The predicted molar refractivity (Wildman–Crippen MR) is 93.4 cm³/mol. The first kappa shape index (κ1) is 16.6. The van der Waals surface area contributed by atoms with Gasteiger partial charge in [0.05, 0.1) is 10.6 Å². The van der Waals surface area contributed by atoms with E-state index in [-0.39, 0.29) is 11.5 Å². The van der Waals surface area contributed by atoms with Gasteiger partial charge >= 0.3 is 0 Å². The van der Waals surface area contributed by atoms with Gasteiger partial charge in [0, 0.05) is 36.3 Å². The van der Waals surface area contributed by atoms with E-state index < -0.39 is 4.92 Å². The smallest absolute Gasteiger partial charge is 0.272 e. The van der Waals surface area contributed by atoms with Crippen molar-refractivity contribution in [1.29, 1.82) is 0 Å². The zero-order valence-electron chi connectivity index (χ0n) is 13.9. The van der Waals surface area contributed by atoms with Gasteiger partial charge in [-0.15, -0.1) is 0 Å². The summed E-state index contributed by atoms with van der Waals surface area (Å²) < 4.78 is 16.1. The molecule has 0 bridgehead atoms. The molecule has 0 atom stereocenters. The quantitative estimate of drug-likeness (QED) is 0.559. The van der Waals surface area contributed by atoms with Crippen LogP contribution in [0.3, 0.4) is 0 Å². The lowest BCUT2D eigenvalue weighted by molar-refractivity contribution is -0.385. The predicted octanol–water partition coefficient (Wildman–Crippen LogP) is 4.15. The Morgan fingerprint density at radius 3 is 2.64 bits per heavy atom. The van der Waals surface area contributed by atoms with Crippen molar-refractivity contribution in [3.8, 4) is 5.69 Å². The van der Waals surface area contributed by atoms with Gasteiger partial charge in [0.2, 0.25) is 0 Å². The van der Waals surface area contributed by atoms with Gasteiger partial charge in [0.15, 0.2) is 0 Å². The van der Waals surface area contributed by atoms with E-state index in [4.69, 9.17) is 0 Å². The van der Waals surface area contributed by atoms with E-state index in [1.807, 2.05) is 13.0 Å². The van der Waals surface area contributed by atoms with E-state index in [9.17, 15) is 14.5 Å². The maximum Gasteiger partial charge on any atom is 0.272 e. The van der Waals surface area contributed by atoms with Gasteiger partial charge in [0.1, 0.15) is 11.6 Å². The lowest BCUT2D eigenvalue weighted by Gasteiger charge is -2.10. The molecule has 0 radical (unpaired) electrons. The van der Waals surface area contributed by atoms with Crippen LogP contribution in [0.1, 0.15) is 17.0 Å². The van der Waals surface area contributed by atoms with Crippen molar-refractivity contribution in [3.05, 3.63) is 81.7 Å². The van der Waals surface area contributed by atoms with Crippen LogP contribution in [-0.4, -0.2) is 14.5 Å². The third kappa shape index (κ3) is 3.50. The number of nitrogens with one attached hydrogen (secondary N) is 1. The van der Waals surface area contributed by atoms with Gasteiger partial charge in [-0.25, -0.2) is 9.37 Å². The van der Waals surface area contributed by atoms with Crippen LogP contribution in [0.5, 0.6) is 0 Å². The molecule has 1 aromatic heterocycles. The van der Waals surface area contributed by atoms with Crippen LogP contribution in [-0.2, 0) is 6.54 Å². The summed E-state index contributed by atoms with van der Waals surface area (Å²) in [6, 6.07) is 9.83. The molecule has 0 fully saturated rings. The molecule has 7 heteroatoms. The number of nitro groups is 1. The normalized spacial score (nSPS) is 10.7. The monoisotopic (exact) mass is 340 g/mol. The minimum Gasteiger partial charge on any atom is -0.381 e. The summed E-state index contributed by atoms with van der Waals surface area (Å²) in [4.78, 5) is 14.5. The Morgan fingerprint density at radius 1 is 1.24 bits per heavy atom. The first-order valence-electron chi connectivity index (χ1n) is 7.73. The molecule has 1 N–H and O–H groups in total. The molecule has 0 aliphatic heterocycles. The molecule has 0 spiro atoms. The fourth-order valence-electron chi connectivity index (χ4n) is 2.66. The van der Waals surface area contributed by atoms with Gasteiger partial charge in [0.25, 0.3) is 5.69 Å². The largest absolute Gasteiger partial charge is 0.381 e. The van der Waals surface area contributed by atoms with E-state index in [1.54, 1.807) is 42.1 Å². The summed E-state index contributed by atoms with van der Waals surface area (Å²) in [7, 11) is 0. The molecule has 0 unspecified atom stereocenters. The Labute approximate surface area is 144 Å². The highest BCUT2D eigenvalue weighted by Crippen LogP contribution is 2.22. The van der Waals surface area contributed by atoms with E-state index in [0.717, 1.165) is 11.3 Å². The summed E-state index contributed by atoms with van der Waals surface area (Å²) in [5.74, 6) is 0.381. The van der Waals surface area contributed by atoms with E-state index in [0.29, 0.717) is 23.6 Å². The Kier molecular flexibility index (Phi) is 4.47. The molecule has 25 heavy (non-hydrogen) atoms. The Hall–Kier alpha value is -3.22. The maximum absolute atomic E-state index is 14.4. The molecule has 3 aromatic rings. The highest BCUT2D eigenvalue weighted by molar-refractivity contribution is 5.54. The van der Waals surface area contributed by atoms with Crippen LogP contribution in [0.25, 0.3) is 5.69 Å². The van der Waals surface area contributed by atoms with Crippen LogP contribution < -0.4 is 5.32 Å². The first-order valence-corrected chi connectivity index (χ1v) is 7.73. The number of imidazole rings is 1. The Balaban J connectivity index is 1.74. The number of hydrogen-bond acceptors (Lipinski definition) is 4. The second-order valence-corrected chi connectivity index (χ2v) is 5.74. The molecule has 1 heterocycles. The summed E-state index contributed by atoms with van der Waals surface area (Å²) in [5.41, 5.74) is 2.63. The van der Waals surface area contributed by atoms with E-state index >= 15 is 0 Å². The molecule has 128 valence electrons.